The van der Waals surface area contributed by atoms with Gasteiger partial charge in [0.25, 0.3) is 0 Å². The summed E-state index contributed by atoms with van der Waals surface area (Å²) in [5.41, 5.74) is 5.15. The molecule has 1 amide bonds. The van der Waals surface area contributed by atoms with Crippen molar-refractivity contribution in [1.82, 2.24) is 9.62 Å². The zero-order valence-corrected chi connectivity index (χ0v) is 10.1. The highest BCUT2D eigenvalue weighted by molar-refractivity contribution is 7.89. The molecular weight excluding hydrogens is 230 g/mol. The highest BCUT2D eigenvalue weighted by Gasteiger charge is 2.18. The Hall–Kier alpha value is -0.660. The van der Waals surface area contributed by atoms with Gasteiger partial charge < -0.3 is 10.6 Å². The van der Waals surface area contributed by atoms with E-state index in [4.69, 9.17) is 5.73 Å². The van der Waals surface area contributed by atoms with Crippen molar-refractivity contribution in [2.75, 3.05) is 31.9 Å². The number of amides is 1. The third-order valence-corrected chi connectivity index (χ3v) is 3.90. The van der Waals surface area contributed by atoms with Crippen LogP contribution < -0.4 is 10.5 Å². The summed E-state index contributed by atoms with van der Waals surface area (Å²) in [6.45, 7) is 1.38. The predicted molar refractivity (Wildman–Crippen MR) is 61.3 cm³/mol. The van der Waals surface area contributed by atoms with Gasteiger partial charge in [-0.15, -0.1) is 0 Å². The standard InChI is InChI=1S/C9H19N3O3S/c10-4-7-16(14,15)11-8-9(13)12-5-2-1-3-6-12/h11H,1-8,10H2. The maximum atomic E-state index is 11.6. The highest BCUT2D eigenvalue weighted by atomic mass is 32.2. The van der Waals surface area contributed by atoms with E-state index in [9.17, 15) is 13.2 Å². The lowest BCUT2D eigenvalue weighted by molar-refractivity contribution is -0.130. The van der Waals surface area contributed by atoms with Crippen LogP contribution in [-0.4, -0.2) is 51.2 Å². The summed E-state index contributed by atoms with van der Waals surface area (Å²) >= 11 is 0. The first-order valence-corrected chi connectivity index (χ1v) is 7.15. The lowest BCUT2D eigenvalue weighted by Crippen LogP contribution is -2.43. The van der Waals surface area contributed by atoms with Gasteiger partial charge in [-0.05, 0) is 19.3 Å². The van der Waals surface area contributed by atoms with E-state index < -0.39 is 10.0 Å². The first kappa shape index (κ1) is 13.4. The van der Waals surface area contributed by atoms with Crippen molar-refractivity contribution in [1.29, 1.82) is 0 Å². The monoisotopic (exact) mass is 249 g/mol. The van der Waals surface area contributed by atoms with Crippen molar-refractivity contribution in [3.05, 3.63) is 0 Å². The van der Waals surface area contributed by atoms with Crippen LogP contribution in [0.1, 0.15) is 19.3 Å². The Morgan fingerprint density at radius 2 is 1.88 bits per heavy atom. The normalized spacial score (nSPS) is 17.4. The Balaban J connectivity index is 2.34. The van der Waals surface area contributed by atoms with E-state index in [1.54, 1.807) is 4.90 Å². The molecule has 7 heteroatoms. The van der Waals surface area contributed by atoms with Gasteiger partial charge in [0.2, 0.25) is 15.9 Å². The molecule has 1 fully saturated rings. The first-order valence-electron chi connectivity index (χ1n) is 5.50. The van der Waals surface area contributed by atoms with Gasteiger partial charge in [0.05, 0.1) is 12.3 Å². The zero-order valence-electron chi connectivity index (χ0n) is 9.31. The summed E-state index contributed by atoms with van der Waals surface area (Å²) < 4.78 is 24.8. The third-order valence-electron chi connectivity index (χ3n) is 2.54. The first-order chi connectivity index (χ1) is 7.55. The lowest BCUT2D eigenvalue weighted by atomic mass is 10.1. The number of nitrogens with one attached hydrogen (secondary N) is 1. The predicted octanol–water partition coefficient (Wildman–Crippen LogP) is -1.12. The summed E-state index contributed by atoms with van der Waals surface area (Å²) in [6, 6.07) is 0. The Morgan fingerprint density at radius 3 is 2.44 bits per heavy atom. The van der Waals surface area contributed by atoms with E-state index in [0.717, 1.165) is 32.4 Å². The van der Waals surface area contributed by atoms with Crippen molar-refractivity contribution in [2.24, 2.45) is 5.73 Å². The van der Waals surface area contributed by atoms with Crippen LogP contribution in [0.5, 0.6) is 0 Å². The molecule has 0 spiro atoms. The molecule has 1 aliphatic heterocycles. The summed E-state index contributed by atoms with van der Waals surface area (Å²) in [7, 11) is -3.39. The molecule has 0 radical (unpaired) electrons. The number of nitrogens with two attached hydrogens (primary N) is 1. The molecule has 6 nitrogen and oxygen atoms in total. The Kier molecular flexibility index (Phi) is 5.17. The summed E-state index contributed by atoms with van der Waals surface area (Å²) in [6.07, 6.45) is 3.14. The fourth-order valence-electron chi connectivity index (χ4n) is 1.65. The van der Waals surface area contributed by atoms with Crippen molar-refractivity contribution in [3.8, 4) is 0 Å². The maximum absolute atomic E-state index is 11.6. The van der Waals surface area contributed by atoms with E-state index >= 15 is 0 Å². The van der Waals surface area contributed by atoms with Crippen LogP contribution in [0.4, 0.5) is 0 Å². The fraction of sp³-hybridized carbons (Fsp3) is 0.889. The molecule has 1 aliphatic rings. The van der Waals surface area contributed by atoms with Gasteiger partial charge in [0, 0.05) is 19.6 Å². The second-order valence-electron chi connectivity index (χ2n) is 3.87. The number of rotatable bonds is 5. The van der Waals surface area contributed by atoms with Crippen LogP contribution >= 0.6 is 0 Å². The number of carbonyl (C=O) groups is 1. The van der Waals surface area contributed by atoms with Crippen LogP contribution in [0, 0.1) is 0 Å². The average Bonchev–Trinajstić information content (AvgIpc) is 2.27. The maximum Gasteiger partial charge on any atom is 0.237 e. The Bertz CT molecular complexity index is 323. The van der Waals surface area contributed by atoms with Gasteiger partial charge >= 0.3 is 0 Å². The molecule has 0 aromatic carbocycles. The molecule has 16 heavy (non-hydrogen) atoms. The molecule has 3 N–H and O–H groups in total. The quantitative estimate of drug-likeness (QED) is 0.645. The number of nitrogens with zero attached hydrogens (tertiary/aromatic N) is 1. The smallest absolute Gasteiger partial charge is 0.237 e. The fourth-order valence-corrected chi connectivity index (χ4v) is 2.45. The van der Waals surface area contributed by atoms with Gasteiger partial charge in [-0.3, -0.25) is 4.79 Å². The zero-order chi connectivity index (χ0) is 12.0. The molecule has 1 saturated heterocycles. The number of carbonyl (C=O) groups excluding carboxylic acids is 1. The van der Waals surface area contributed by atoms with Gasteiger partial charge in [-0.2, -0.15) is 0 Å². The topological polar surface area (TPSA) is 92.5 Å². The second-order valence-corrected chi connectivity index (χ2v) is 5.80. The SMILES string of the molecule is NCCS(=O)(=O)NCC(=O)N1CCCCC1. The average molecular weight is 249 g/mol. The molecule has 0 bridgehead atoms. The van der Waals surface area contributed by atoms with Crippen LogP contribution in [0.25, 0.3) is 0 Å². The van der Waals surface area contributed by atoms with Crippen molar-refractivity contribution < 1.29 is 13.2 Å². The Labute approximate surface area is 96.2 Å². The summed E-state index contributed by atoms with van der Waals surface area (Å²) in [5, 5.41) is 0. The minimum atomic E-state index is -3.39. The lowest BCUT2D eigenvalue weighted by Gasteiger charge is -2.26. The van der Waals surface area contributed by atoms with E-state index in [0.29, 0.717) is 0 Å². The van der Waals surface area contributed by atoms with Crippen molar-refractivity contribution >= 4 is 15.9 Å². The van der Waals surface area contributed by atoms with Crippen molar-refractivity contribution in [2.45, 2.75) is 19.3 Å². The van der Waals surface area contributed by atoms with E-state index in [1.165, 1.54) is 0 Å². The summed E-state index contributed by atoms with van der Waals surface area (Å²) in [4.78, 5) is 13.3. The number of sulfonamides is 1. The van der Waals surface area contributed by atoms with Crippen molar-refractivity contribution in [3.63, 3.8) is 0 Å². The van der Waals surface area contributed by atoms with Crippen LogP contribution in [0.2, 0.25) is 0 Å². The molecule has 0 saturated carbocycles. The third kappa shape index (κ3) is 4.46. The molecule has 1 heterocycles. The molecule has 0 aromatic rings. The van der Waals surface area contributed by atoms with Crippen LogP contribution in [0.3, 0.4) is 0 Å². The number of likely N-dealkylation sites (tertiary alicyclic amines) is 1. The molecule has 0 aliphatic carbocycles. The number of hydrogen-bond acceptors (Lipinski definition) is 4. The summed E-state index contributed by atoms with van der Waals surface area (Å²) in [5.74, 6) is -0.291. The molecule has 0 unspecified atom stereocenters. The molecule has 0 atom stereocenters. The molecule has 94 valence electrons. The van der Waals surface area contributed by atoms with Gasteiger partial charge in [0.1, 0.15) is 0 Å². The van der Waals surface area contributed by atoms with E-state index in [1.807, 2.05) is 0 Å². The number of piperidine rings is 1. The largest absolute Gasteiger partial charge is 0.342 e. The minimum absolute atomic E-state index is 0.0627. The molecular formula is C9H19N3O3S. The molecule has 1 rings (SSSR count). The van der Waals surface area contributed by atoms with Crippen LogP contribution in [-0.2, 0) is 14.8 Å². The van der Waals surface area contributed by atoms with Crippen LogP contribution in [0.15, 0.2) is 0 Å². The Morgan fingerprint density at radius 1 is 1.25 bits per heavy atom. The minimum Gasteiger partial charge on any atom is -0.342 e. The van der Waals surface area contributed by atoms with Gasteiger partial charge in [0.15, 0.2) is 0 Å². The molecule has 0 aromatic heterocycles. The van der Waals surface area contributed by atoms with E-state index in [-0.39, 0.29) is 24.7 Å². The van der Waals surface area contributed by atoms with Gasteiger partial charge in [-0.1, -0.05) is 0 Å². The highest BCUT2D eigenvalue weighted by Crippen LogP contribution is 2.08. The van der Waals surface area contributed by atoms with E-state index in [2.05, 4.69) is 4.72 Å². The van der Waals surface area contributed by atoms with Gasteiger partial charge in [-0.25, -0.2) is 13.1 Å². The number of hydrogen-bond donors (Lipinski definition) is 2. The second kappa shape index (κ2) is 6.17.